The van der Waals surface area contributed by atoms with Crippen LogP contribution in [0.3, 0.4) is 0 Å². The minimum absolute atomic E-state index is 0.165. The highest BCUT2D eigenvalue weighted by atomic mass is 16.2. The van der Waals surface area contributed by atoms with Gasteiger partial charge in [0.05, 0.1) is 5.69 Å². The number of pyridine rings is 1. The minimum Gasteiger partial charge on any atom is -0.337 e. The summed E-state index contributed by atoms with van der Waals surface area (Å²) >= 11 is 0. The predicted molar refractivity (Wildman–Crippen MR) is 82.4 cm³/mol. The quantitative estimate of drug-likeness (QED) is 0.901. The summed E-state index contributed by atoms with van der Waals surface area (Å²) in [6.45, 7) is 6.14. The van der Waals surface area contributed by atoms with Gasteiger partial charge in [-0.15, -0.1) is 0 Å². The molecule has 1 fully saturated rings. The van der Waals surface area contributed by atoms with Gasteiger partial charge in [0, 0.05) is 38.2 Å². The maximum Gasteiger partial charge on any atom is 0.319 e. The van der Waals surface area contributed by atoms with Crippen LogP contribution in [0.5, 0.6) is 0 Å². The van der Waals surface area contributed by atoms with E-state index in [1.807, 2.05) is 28.9 Å². The van der Waals surface area contributed by atoms with E-state index >= 15 is 0 Å². The molecule has 1 saturated heterocycles. The monoisotopic (exact) mass is 287 g/mol. The maximum atomic E-state index is 11.9. The number of likely N-dealkylation sites (tertiary alicyclic amines) is 1. The third-order valence-electron chi connectivity index (χ3n) is 3.87. The van der Waals surface area contributed by atoms with E-state index < -0.39 is 0 Å². The zero-order valence-electron chi connectivity index (χ0n) is 12.2. The fraction of sp³-hybridized carbons (Fsp3) is 0.467. The van der Waals surface area contributed by atoms with Gasteiger partial charge in [0.1, 0.15) is 5.65 Å². The third-order valence-corrected chi connectivity index (χ3v) is 3.87. The minimum atomic E-state index is -0.165. The van der Waals surface area contributed by atoms with Gasteiger partial charge in [-0.25, -0.2) is 9.78 Å². The number of hydrogen-bond acceptors (Lipinski definition) is 3. The van der Waals surface area contributed by atoms with Crippen molar-refractivity contribution in [1.82, 2.24) is 19.6 Å². The molecule has 1 aliphatic heterocycles. The van der Waals surface area contributed by atoms with Crippen molar-refractivity contribution in [3.8, 4) is 0 Å². The van der Waals surface area contributed by atoms with Crippen molar-refractivity contribution in [1.29, 1.82) is 0 Å². The number of hydrogen-bond donors (Lipinski definition) is 2. The lowest BCUT2D eigenvalue weighted by atomic mass is 10.2. The molecule has 21 heavy (non-hydrogen) atoms. The Kier molecular flexibility index (Phi) is 4.06. The second-order valence-electron chi connectivity index (χ2n) is 5.69. The number of carbonyl (C=O) groups is 1. The fourth-order valence-electron chi connectivity index (χ4n) is 2.73. The second kappa shape index (κ2) is 6.13. The Morgan fingerprint density at radius 1 is 1.48 bits per heavy atom. The van der Waals surface area contributed by atoms with E-state index in [1.165, 1.54) is 6.42 Å². The summed E-state index contributed by atoms with van der Waals surface area (Å²) in [5.41, 5.74) is 1.62. The molecule has 0 bridgehead atoms. The molecule has 6 nitrogen and oxygen atoms in total. The Morgan fingerprint density at radius 3 is 3.19 bits per heavy atom. The number of anilines is 1. The molecule has 3 heterocycles. The van der Waals surface area contributed by atoms with E-state index in [0.717, 1.165) is 36.9 Å². The van der Waals surface area contributed by atoms with E-state index in [9.17, 15) is 4.79 Å². The van der Waals surface area contributed by atoms with Crippen molar-refractivity contribution in [2.45, 2.75) is 13.3 Å². The molecule has 112 valence electrons. The van der Waals surface area contributed by atoms with Crippen LogP contribution in [0, 0.1) is 5.92 Å². The second-order valence-corrected chi connectivity index (χ2v) is 5.69. The van der Waals surface area contributed by atoms with Crippen LogP contribution < -0.4 is 10.6 Å². The van der Waals surface area contributed by atoms with Gasteiger partial charge in [-0.05, 0) is 31.0 Å². The van der Waals surface area contributed by atoms with Gasteiger partial charge in [-0.2, -0.15) is 0 Å². The van der Waals surface area contributed by atoms with Crippen molar-refractivity contribution < 1.29 is 4.79 Å². The summed E-state index contributed by atoms with van der Waals surface area (Å²) < 4.78 is 1.88. The SMILES string of the molecule is CC1CCN(CCNC(=O)Nc2ccc3nccn3c2)C1. The van der Waals surface area contributed by atoms with Crippen LogP contribution in [-0.4, -0.2) is 46.5 Å². The molecule has 2 aromatic heterocycles. The molecule has 2 amide bonds. The highest BCUT2D eigenvalue weighted by Crippen LogP contribution is 2.13. The van der Waals surface area contributed by atoms with E-state index in [4.69, 9.17) is 0 Å². The number of carbonyl (C=O) groups excluding carboxylic acids is 1. The Hall–Kier alpha value is -2.08. The topological polar surface area (TPSA) is 61.7 Å². The van der Waals surface area contributed by atoms with Gasteiger partial charge >= 0.3 is 6.03 Å². The molecule has 3 rings (SSSR count). The first-order valence-corrected chi connectivity index (χ1v) is 7.40. The van der Waals surface area contributed by atoms with Gasteiger partial charge in [0.15, 0.2) is 0 Å². The summed E-state index contributed by atoms with van der Waals surface area (Å²) in [5.74, 6) is 0.778. The Labute approximate surface area is 124 Å². The first-order valence-electron chi connectivity index (χ1n) is 7.40. The molecule has 2 N–H and O–H groups in total. The molecule has 0 spiro atoms. The molecule has 2 aromatic rings. The van der Waals surface area contributed by atoms with Gasteiger partial charge in [0.2, 0.25) is 0 Å². The number of nitrogens with zero attached hydrogens (tertiary/aromatic N) is 3. The van der Waals surface area contributed by atoms with Crippen molar-refractivity contribution in [2.24, 2.45) is 5.92 Å². The smallest absolute Gasteiger partial charge is 0.319 e. The largest absolute Gasteiger partial charge is 0.337 e. The van der Waals surface area contributed by atoms with Crippen LogP contribution in [0.25, 0.3) is 5.65 Å². The maximum absolute atomic E-state index is 11.9. The summed E-state index contributed by atoms with van der Waals surface area (Å²) in [6.07, 6.45) is 6.70. The molecule has 1 unspecified atom stereocenters. The van der Waals surface area contributed by atoms with Crippen LogP contribution in [0.15, 0.2) is 30.7 Å². The molecule has 6 heteroatoms. The molecule has 0 saturated carbocycles. The molecular weight excluding hydrogens is 266 g/mol. The number of aromatic nitrogens is 2. The molecular formula is C15H21N5O. The number of amides is 2. The van der Waals surface area contributed by atoms with Gasteiger partial charge < -0.3 is 19.9 Å². The van der Waals surface area contributed by atoms with E-state index in [0.29, 0.717) is 6.54 Å². The predicted octanol–water partition coefficient (Wildman–Crippen LogP) is 1.80. The summed E-state index contributed by atoms with van der Waals surface area (Å²) in [5, 5.41) is 5.74. The number of fused-ring (bicyclic) bond motifs is 1. The summed E-state index contributed by atoms with van der Waals surface area (Å²) in [4.78, 5) is 18.4. The zero-order chi connectivity index (χ0) is 14.7. The van der Waals surface area contributed by atoms with Crippen molar-refractivity contribution >= 4 is 17.4 Å². The van der Waals surface area contributed by atoms with Crippen LogP contribution in [0.2, 0.25) is 0 Å². The van der Waals surface area contributed by atoms with E-state index in [-0.39, 0.29) is 6.03 Å². The molecule has 0 aromatic carbocycles. The van der Waals surface area contributed by atoms with Crippen LogP contribution in [0.4, 0.5) is 10.5 Å². The number of urea groups is 1. The van der Waals surface area contributed by atoms with Gasteiger partial charge in [-0.3, -0.25) is 0 Å². The average Bonchev–Trinajstić information content (AvgIpc) is 3.07. The van der Waals surface area contributed by atoms with Crippen molar-refractivity contribution in [2.75, 3.05) is 31.5 Å². The van der Waals surface area contributed by atoms with E-state index in [1.54, 1.807) is 6.20 Å². The average molecular weight is 287 g/mol. The van der Waals surface area contributed by atoms with Crippen molar-refractivity contribution in [3.63, 3.8) is 0 Å². The van der Waals surface area contributed by atoms with E-state index in [2.05, 4.69) is 27.4 Å². The highest BCUT2D eigenvalue weighted by Gasteiger charge is 2.17. The third kappa shape index (κ3) is 3.52. The lowest BCUT2D eigenvalue weighted by Crippen LogP contribution is -2.36. The van der Waals surface area contributed by atoms with Gasteiger partial charge in [0.25, 0.3) is 0 Å². The summed E-state index contributed by atoms with van der Waals surface area (Å²) in [6, 6.07) is 3.56. The molecule has 1 atom stereocenters. The fourth-order valence-corrected chi connectivity index (χ4v) is 2.73. The number of rotatable bonds is 4. The first-order chi connectivity index (χ1) is 10.2. The summed E-state index contributed by atoms with van der Waals surface area (Å²) in [7, 11) is 0. The molecule has 0 radical (unpaired) electrons. The molecule has 1 aliphatic rings. The first kappa shape index (κ1) is 13.9. The normalized spacial score (nSPS) is 19.0. The number of imidazole rings is 1. The Bertz CT molecular complexity index is 623. The zero-order valence-corrected chi connectivity index (χ0v) is 12.2. The standard InChI is InChI=1S/C15H21N5O/c1-12-4-7-19(10-12)8-5-17-15(21)18-13-2-3-14-16-6-9-20(14)11-13/h2-3,6,9,11-12H,4-5,7-8,10H2,1H3,(H2,17,18,21). The van der Waals surface area contributed by atoms with Gasteiger partial charge in [-0.1, -0.05) is 6.92 Å². The lowest BCUT2D eigenvalue weighted by molar-refractivity contribution is 0.249. The lowest BCUT2D eigenvalue weighted by Gasteiger charge is -2.15. The van der Waals surface area contributed by atoms with Crippen LogP contribution >= 0.6 is 0 Å². The Balaban J connectivity index is 1.45. The van der Waals surface area contributed by atoms with Crippen LogP contribution in [-0.2, 0) is 0 Å². The highest BCUT2D eigenvalue weighted by molar-refractivity contribution is 5.89. The Morgan fingerprint density at radius 2 is 2.38 bits per heavy atom. The van der Waals surface area contributed by atoms with Crippen molar-refractivity contribution in [3.05, 3.63) is 30.7 Å². The molecule has 0 aliphatic carbocycles. The van der Waals surface area contributed by atoms with Crippen LogP contribution in [0.1, 0.15) is 13.3 Å². The number of nitrogens with one attached hydrogen (secondary N) is 2.